The predicted octanol–water partition coefficient (Wildman–Crippen LogP) is 3.94. The number of carbonyl (C=O) groups excluding carboxylic acids is 2. The van der Waals surface area contributed by atoms with E-state index in [9.17, 15) is 14.0 Å². The van der Waals surface area contributed by atoms with Gasteiger partial charge in [-0.1, -0.05) is 42.5 Å². The Labute approximate surface area is 153 Å². The van der Waals surface area contributed by atoms with Crippen molar-refractivity contribution >= 4 is 11.8 Å². The molecular formula is C21H23FN2O2. The highest BCUT2D eigenvalue weighted by Crippen LogP contribution is 2.22. The molecule has 1 N–H and O–H groups in total. The summed E-state index contributed by atoms with van der Waals surface area (Å²) in [6, 6.07) is 14.1. The van der Waals surface area contributed by atoms with E-state index >= 15 is 0 Å². The fourth-order valence-electron chi connectivity index (χ4n) is 3.22. The van der Waals surface area contributed by atoms with Gasteiger partial charge in [-0.05, 0) is 37.0 Å². The molecule has 26 heavy (non-hydrogen) atoms. The molecule has 1 aliphatic rings. The zero-order valence-electron chi connectivity index (χ0n) is 14.9. The first kappa shape index (κ1) is 18.1. The number of Topliss-reactive ketones (excluding diaryl/α,β-unsaturated/α-hetero) is 1. The molecule has 3 rings (SSSR count). The third-order valence-corrected chi connectivity index (χ3v) is 4.89. The third-order valence-electron chi connectivity index (χ3n) is 4.89. The highest BCUT2D eigenvalue weighted by molar-refractivity contribution is 5.97. The molecule has 0 radical (unpaired) electrons. The van der Waals surface area contributed by atoms with Crippen molar-refractivity contribution in [1.82, 2.24) is 10.2 Å². The lowest BCUT2D eigenvalue weighted by atomic mass is 9.89. The number of likely N-dealkylation sites (tertiary alicyclic amines) is 1. The predicted molar refractivity (Wildman–Crippen MR) is 98.4 cm³/mol. The molecule has 0 bridgehead atoms. The summed E-state index contributed by atoms with van der Waals surface area (Å²) in [4.78, 5) is 26.5. The minimum absolute atomic E-state index is 0.0346. The van der Waals surface area contributed by atoms with Crippen molar-refractivity contribution in [3.05, 3.63) is 71.0 Å². The molecule has 5 heteroatoms. The number of piperidine rings is 1. The van der Waals surface area contributed by atoms with Gasteiger partial charge < -0.3 is 10.2 Å². The maximum Gasteiger partial charge on any atom is 0.317 e. The molecule has 1 fully saturated rings. The summed E-state index contributed by atoms with van der Waals surface area (Å²) in [5.74, 6) is -0.148. The third kappa shape index (κ3) is 4.28. The van der Waals surface area contributed by atoms with Gasteiger partial charge in [-0.25, -0.2) is 9.18 Å². The number of amides is 2. The number of nitrogens with one attached hydrogen (secondary N) is 1. The molecule has 2 amide bonds. The molecule has 2 aromatic carbocycles. The van der Waals surface area contributed by atoms with E-state index in [-0.39, 0.29) is 23.5 Å². The molecule has 0 aliphatic carbocycles. The van der Waals surface area contributed by atoms with Crippen molar-refractivity contribution in [1.29, 1.82) is 0 Å². The first-order valence-corrected chi connectivity index (χ1v) is 8.91. The van der Waals surface area contributed by atoms with Crippen LogP contribution < -0.4 is 5.32 Å². The average Bonchev–Trinajstić information content (AvgIpc) is 2.69. The van der Waals surface area contributed by atoms with Gasteiger partial charge in [0.25, 0.3) is 0 Å². The number of hydrogen-bond donors (Lipinski definition) is 1. The van der Waals surface area contributed by atoms with Crippen LogP contribution in [0.3, 0.4) is 0 Å². The lowest BCUT2D eigenvalue weighted by Gasteiger charge is -2.31. The fraction of sp³-hybridized carbons (Fsp3) is 0.333. The van der Waals surface area contributed by atoms with Gasteiger partial charge in [-0.3, -0.25) is 4.79 Å². The molecule has 1 aliphatic heterocycles. The number of nitrogens with zero attached hydrogens (tertiary/aromatic N) is 1. The second kappa shape index (κ2) is 8.13. The van der Waals surface area contributed by atoms with Crippen LogP contribution in [0.5, 0.6) is 0 Å². The highest BCUT2D eigenvalue weighted by Gasteiger charge is 2.27. The molecule has 136 valence electrons. The van der Waals surface area contributed by atoms with E-state index in [1.165, 1.54) is 6.07 Å². The Morgan fingerprint density at radius 2 is 1.81 bits per heavy atom. The number of rotatable bonds is 4. The van der Waals surface area contributed by atoms with Gasteiger partial charge in [0.2, 0.25) is 0 Å². The van der Waals surface area contributed by atoms with Crippen LogP contribution >= 0.6 is 0 Å². The van der Waals surface area contributed by atoms with Gasteiger partial charge in [0.1, 0.15) is 5.82 Å². The van der Waals surface area contributed by atoms with Gasteiger partial charge in [-0.15, -0.1) is 0 Å². The molecule has 0 saturated carbocycles. The smallest absolute Gasteiger partial charge is 0.317 e. The van der Waals surface area contributed by atoms with Gasteiger partial charge in [0.15, 0.2) is 5.78 Å². The number of aryl methyl sites for hydroxylation is 1. The van der Waals surface area contributed by atoms with Gasteiger partial charge in [0, 0.05) is 31.1 Å². The number of urea groups is 1. The number of halogens is 1. The minimum atomic E-state index is -0.267. The standard InChI is InChI=1S/C21H23FN2O2/c1-15-7-8-16(13-19(15)22)14-23-21(26)24-11-9-18(10-12-24)20(25)17-5-3-2-4-6-17/h2-8,13,18H,9-12,14H2,1H3,(H,23,26). The second-order valence-electron chi connectivity index (χ2n) is 6.73. The molecule has 0 atom stereocenters. The number of carbonyl (C=O) groups is 2. The minimum Gasteiger partial charge on any atom is -0.334 e. The Hall–Kier alpha value is -2.69. The first-order valence-electron chi connectivity index (χ1n) is 8.91. The van der Waals surface area contributed by atoms with Crippen molar-refractivity contribution < 1.29 is 14.0 Å². The molecule has 4 nitrogen and oxygen atoms in total. The van der Waals surface area contributed by atoms with E-state index in [1.54, 1.807) is 17.9 Å². The van der Waals surface area contributed by atoms with E-state index in [1.807, 2.05) is 36.4 Å². The van der Waals surface area contributed by atoms with E-state index in [4.69, 9.17) is 0 Å². The molecule has 0 unspecified atom stereocenters. The van der Waals surface area contributed by atoms with E-state index in [0.717, 1.165) is 11.1 Å². The largest absolute Gasteiger partial charge is 0.334 e. The van der Waals surface area contributed by atoms with Crippen LogP contribution in [0.4, 0.5) is 9.18 Å². The van der Waals surface area contributed by atoms with Gasteiger partial charge in [0.05, 0.1) is 0 Å². The van der Waals surface area contributed by atoms with E-state index in [2.05, 4.69) is 5.32 Å². The average molecular weight is 354 g/mol. The van der Waals surface area contributed by atoms with E-state index in [0.29, 0.717) is 38.0 Å². The molecule has 1 heterocycles. The Morgan fingerprint density at radius 1 is 1.12 bits per heavy atom. The summed E-state index contributed by atoms with van der Waals surface area (Å²) in [6.07, 6.45) is 1.33. The van der Waals surface area contributed by atoms with E-state index < -0.39 is 0 Å². The molecule has 2 aromatic rings. The van der Waals surface area contributed by atoms with Crippen molar-refractivity contribution in [3.8, 4) is 0 Å². The van der Waals surface area contributed by atoms with Crippen LogP contribution in [-0.4, -0.2) is 29.8 Å². The van der Waals surface area contributed by atoms with Crippen LogP contribution in [0.15, 0.2) is 48.5 Å². The highest BCUT2D eigenvalue weighted by atomic mass is 19.1. The number of hydrogen-bond acceptors (Lipinski definition) is 2. The molecule has 0 spiro atoms. The maximum absolute atomic E-state index is 13.6. The summed E-state index contributed by atoms with van der Waals surface area (Å²) in [5, 5.41) is 2.83. The summed E-state index contributed by atoms with van der Waals surface area (Å²) in [6.45, 7) is 3.10. The SMILES string of the molecule is Cc1ccc(CNC(=O)N2CCC(C(=O)c3ccccc3)CC2)cc1F. The lowest BCUT2D eigenvalue weighted by Crippen LogP contribution is -2.45. The summed E-state index contributed by atoms with van der Waals surface area (Å²) < 4.78 is 13.6. The Balaban J connectivity index is 1.49. The van der Waals surface area contributed by atoms with Gasteiger partial charge >= 0.3 is 6.03 Å². The van der Waals surface area contributed by atoms with Crippen molar-refractivity contribution in [3.63, 3.8) is 0 Å². The van der Waals surface area contributed by atoms with Crippen LogP contribution in [0, 0.1) is 18.7 Å². The fourth-order valence-corrected chi connectivity index (χ4v) is 3.22. The van der Waals surface area contributed by atoms with Crippen molar-refractivity contribution in [2.45, 2.75) is 26.3 Å². The zero-order valence-corrected chi connectivity index (χ0v) is 14.9. The molecule has 0 aromatic heterocycles. The van der Waals surface area contributed by atoms with Crippen LogP contribution in [0.2, 0.25) is 0 Å². The first-order chi connectivity index (χ1) is 12.5. The normalized spacial score (nSPS) is 14.9. The van der Waals surface area contributed by atoms with Crippen LogP contribution in [0.1, 0.15) is 34.3 Å². The number of ketones is 1. The van der Waals surface area contributed by atoms with Crippen molar-refractivity contribution in [2.24, 2.45) is 5.92 Å². The zero-order chi connectivity index (χ0) is 18.5. The summed E-state index contributed by atoms with van der Waals surface area (Å²) in [7, 11) is 0. The topological polar surface area (TPSA) is 49.4 Å². The van der Waals surface area contributed by atoms with Gasteiger partial charge in [-0.2, -0.15) is 0 Å². The lowest BCUT2D eigenvalue weighted by molar-refractivity contribution is 0.0854. The Bertz CT molecular complexity index is 784. The number of benzene rings is 2. The molecule has 1 saturated heterocycles. The second-order valence-corrected chi connectivity index (χ2v) is 6.73. The van der Waals surface area contributed by atoms with Crippen LogP contribution in [0.25, 0.3) is 0 Å². The quantitative estimate of drug-likeness (QED) is 0.846. The monoisotopic (exact) mass is 354 g/mol. The Kier molecular flexibility index (Phi) is 5.66. The van der Waals surface area contributed by atoms with Crippen LogP contribution in [-0.2, 0) is 6.54 Å². The van der Waals surface area contributed by atoms with Crippen molar-refractivity contribution in [2.75, 3.05) is 13.1 Å². The molecular weight excluding hydrogens is 331 g/mol. The summed E-state index contributed by atoms with van der Waals surface area (Å²) >= 11 is 0. The summed E-state index contributed by atoms with van der Waals surface area (Å²) in [5.41, 5.74) is 2.05. The maximum atomic E-state index is 13.6. The Morgan fingerprint density at radius 3 is 2.46 bits per heavy atom.